The Hall–Kier alpha value is -4.85. The van der Waals surface area contributed by atoms with E-state index in [-0.39, 0.29) is 30.7 Å². The molecule has 4 rings (SSSR count). The van der Waals surface area contributed by atoms with Crippen molar-refractivity contribution in [2.45, 2.75) is 77.7 Å². The van der Waals surface area contributed by atoms with Crippen molar-refractivity contribution in [1.29, 1.82) is 0 Å². The number of nitrogens with one attached hydrogen (secondary N) is 2. The molecule has 0 radical (unpaired) electrons. The maximum Gasteiger partial charge on any atom is 0.305 e. The number of carbonyl (C=O) groups excluding carboxylic acids is 2. The normalized spacial score (nSPS) is 11.9. The number of rotatable bonds is 14. The number of benzene rings is 3. The lowest BCUT2D eigenvalue weighted by atomic mass is 9.86. The van der Waals surface area contributed by atoms with Gasteiger partial charge >= 0.3 is 5.97 Å². The van der Waals surface area contributed by atoms with Gasteiger partial charge in [0.05, 0.1) is 6.42 Å². The quantitative estimate of drug-likeness (QED) is 0.134. The maximum absolute atomic E-state index is 13.1. The van der Waals surface area contributed by atoms with Crippen LogP contribution in [0.25, 0.3) is 22.5 Å². The fraction of sp³-hybridized carbons (Fsp3) is 0.342. The first-order valence-corrected chi connectivity index (χ1v) is 15.9. The summed E-state index contributed by atoms with van der Waals surface area (Å²) in [6.07, 6.45) is 8.40. The number of amides is 2. The number of carbonyl (C=O) groups is 3. The highest BCUT2D eigenvalue weighted by atomic mass is 16.4. The number of hydrogen-bond acceptors (Lipinski definition) is 5. The minimum absolute atomic E-state index is 0.0316. The smallest absolute Gasteiger partial charge is 0.305 e. The number of aryl methyl sites for hydroxylation is 1. The van der Waals surface area contributed by atoms with Gasteiger partial charge in [0, 0.05) is 42.0 Å². The first-order chi connectivity index (χ1) is 22.0. The molecule has 8 nitrogen and oxygen atoms in total. The van der Waals surface area contributed by atoms with Crippen LogP contribution in [0.2, 0.25) is 0 Å². The lowest BCUT2D eigenvalue weighted by Crippen LogP contribution is -2.48. The van der Waals surface area contributed by atoms with E-state index >= 15 is 0 Å². The molecule has 1 unspecified atom stereocenters. The van der Waals surface area contributed by atoms with E-state index < -0.39 is 17.9 Å². The highest BCUT2D eigenvalue weighted by Gasteiger charge is 2.23. The molecule has 8 heteroatoms. The first kappa shape index (κ1) is 34.0. The van der Waals surface area contributed by atoms with Gasteiger partial charge in [0.15, 0.2) is 5.82 Å². The van der Waals surface area contributed by atoms with E-state index in [1.807, 2.05) is 48.8 Å². The zero-order chi connectivity index (χ0) is 33.1. The Labute approximate surface area is 271 Å². The van der Waals surface area contributed by atoms with Crippen LogP contribution in [-0.4, -0.2) is 45.4 Å². The molecular formula is C38H44N4O4. The molecule has 0 bridgehead atoms. The predicted molar refractivity (Wildman–Crippen MR) is 181 cm³/mol. The molecule has 1 atom stereocenters. The molecule has 4 aromatic rings. The Morgan fingerprint density at radius 2 is 1.39 bits per heavy atom. The second-order valence-electron chi connectivity index (χ2n) is 12.6. The van der Waals surface area contributed by atoms with Crippen LogP contribution in [0.1, 0.15) is 80.4 Å². The molecule has 0 aliphatic carbocycles. The van der Waals surface area contributed by atoms with Gasteiger partial charge in [-0.3, -0.25) is 14.4 Å². The Bertz CT molecular complexity index is 1590. The highest BCUT2D eigenvalue weighted by molar-refractivity contribution is 5.97. The van der Waals surface area contributed by atoms with E-state index in [9.17, 15) is 14.4 Å². The van der Waals surface area contributed by atoms with Gasteiger partial charge in [-0.05, 0) is 52.6 Å². The minimum atomic E-state index is -1.01. The van der Waals surface area contributed by atoms with E-state index in [4.69, 9.17) is 5.11 Å². The molecule has 0 fully saturated rings. The number of carboxylic acid groups (broad SMARTS) is 1. The van der Waals surface area contributed by atoms with Crippen molar-refractivity contribution >= 4 is 17.8 Å². The van der Waals surface area contributed by atoms with Gasteiger partial charge in [0.25, 0.3) is 5.91 Å². The third-order valence-corrected chi connectivity index (χ3v) is 7.93. The van der Waals surface area contributed by atoms with Crippen LogP contribution in [0.15, 0.2) is 85.2 Å². The van der Waals surface area contributed by atoms with Crippen LogP contribution in [0.4, 0.5) is 0 Å². The molecule has 2 amide bonds. The average Bonchev–Trinajstić information content (AvgIpc) is 3.05. The number of nitrogens with zero attached hydrogens (tertiary/aromatic N) is 2. The fourth-order valence-corrected chi connectivity index (χ4v) is 5.08. The number of aliphatic carboxylic acids is 1. The summed E-state index contributed by atoms with van der Waals surface area (Å²) in [6, 6.07) is 22.5. The SMILES string of the molecule is CCCCCc1ccc(-c2cnc(-c3ccc(CC(NC(=O)c4ccc(C(C)(C)C)cc4)C(=O)NCCC(=O)O)cc3)nc2)cc1. The highest BCUT2D eigenvalue weighted by Crippen LogP contribution is 2.24. The monoisotopic (exact) mass is 620 g/mol. The molecule has 3 N–H and O–H groups in total. The number of aromatic nitrogens is 2. The largest absolute Gasteiger partial charge is 0.481 e. The van der Waals surface area contributed by atoms with Crippen LogP contribution in [0.3, 0.4) is 0 Å². The molecule has 0 saturated heterocycles. The molecule has 0 aliphatic rings. The number of unbranched alkanes of at least 4 members (excludes halogenated alkanes) is 2. The molecular weight excluding hydrogens is 576 g/mol. The zero-order valence-electron chi connectivity index (χ0n) is 27.2. The van der Waals surface area contributed by atoms with Crippen molar-refractivity contribution in [2.75, 3.05) is 6.54 Å². The summed E-state index contributed by atoms with van der Waals surface area (Å²) in [5.41, 5.74) is 6.48. The molecule has 240 valence electrons. The summed E-state index contributed by atoms with van der Waals surface area (Å²) in [6.45, 7) is 8.47. The van der Waals surface area contributed by atoms with Crippen LogP contribution < -0.4 is 10.6 Å². The van der Waals surface area contributed by atoms with Crippen molar-refractivity contribution < 1.29 is 19.5 Å². The Balaban J connectivity index is 1.43. The van der Waals surface area contributed by atoms with Crippen molar-refractivity contribution in [1.82, 2.24) is 20.6 Å². The lowest BCUT2D eigenvalue weighted by Gasteiger charge is -2.20. The van der Waals surface area contributed by atoms with Crippen LogP contribution in [0.5, 0.6) is 0 Å². The standard InChI is InChI=1S/C38H44N4O4/c1-5-6-7-8-26-9-13-28(14-10-26)31-24-40-35(41-25-31)29-15-11-27(12-16-29)23-33(37(46)39-22-21-34(43)44)42-36(45)30-17-19-32(20-18-30)38(2,3)4/h9-20,24-25,33H,5-8,21-23H2,1-4H3,(H,39,46)(H,42,45)(H,43,44). The third-order valence-electron chi connectivity index (χ3n) is 7.93. The number of carboxylic acids is 1. The zero-order valence-corrected chi connectivity index (χ0v) is 27.2. The van der Waals surface area contributed by atoms with Crippen LogP contribution in [0, 0.1) is 0 Å². The van der Waals surface area contributed by atoms with Crippen molar-refractivity contribution in [2.24, 2.45) is 0 Å². The van der Waals surface area contributed by atoms with Gasteiger partial charge in [-0.1, -0.05) is 101 Å². The second-order valence-corrected chi connectivity index (χ2v) is 12.6. The summed E-state index contributed by atoms with van der Waals surface area (Å²) in [7, 11) is 0. The van der Waals surface area contributed by atoms with Crippen LogP contribution >= 0.6 is 0 Å². The average molecular weight is 621 g/mol. The summed E-state index contributed by atoms with van der Waals surface area (Å²) >= 11 is 0. The minimum Gasteiger partial charge on any atom is -0.481 e. The van der Waals surface area contributed by atoms with Gasteiger partial charge < -0.3 is 15.7 Å². The van der Waals surface area contributed by atoms with E-state index in [0.29, 0.717) is 11.4 Å². The molecule has 0 saturated carbocycles. The molecule has 1 aromatic heterocycles. The van der Waals surface area contributed by atoms with Crippen molar-refractivity contribution in [3.05, 3.63) is 107 Å². The summed E-state index contributed by atoms with van der Waals surface area (Å²) < 4.78 is 0. The topological polar surface area (TPSA) is 121 Å². The van der Waals surface area contributed by atoms with Crippen molar-refractivity contribution in [3.63, 3.8) is 0 Å². The van der Waals surface area contributed by atoms with Gasteiger partial charge in [-0.2, -0.15) is 0 Å². The van der Waals surface area contributed by atoms with E-state index in [1.54, 1.807) is 12.1 Å². The fourth-order valence-electron chi connectivity index (χ4n) is 5.08. The molecule has 0 aliphatic heterocycles. The van der Waals surface area contributed by atoms with Crippen molar-refractivity contribution in [3.8, 4) is 22.5 Å². The van der Waals surface area contributed by atoms with E-state index in [0.717, 1.165) is 34.2 Å². The third kappa shape index (κ3) is 9.83. The van der Waals surface area contributed by atoms with Gasteiger partial charge in [0.1, 0.15) is 6.04 Å². The summed E-state index contributed by atoms with van der Waals surface area (Å²) in [4.78, 5) is 46.3. The number of hydrogen-bond donors (Lipinski definition) is 3. The first-order valence-electron chi connectivity index (χ1n) is 15.9. The van der Waals surface area contributed by atoms with Gasteiger partial charge in [-0.15, -0.1) is 0 Å². The summed E-state index contributed by atoms with van der Waals surface area (Å²) in [5, 5.41) is 14.5. The Morgan fingerprint density at radius 1 is 0.783 bits per heavy atom. The van der Waals surface area contributed by atoms with Gasteiger partial charge in [-0.25, -0.2) is 9.97 Å². The van der Waals surface area contributed by atoms with Gasteiger partial charge in [0.2, 0.25) is 5.91 Å². The second kappa shape index (κ2) is 15.9. The Morgan fingerprint density at radius 3 is 1.98 bits per heavy atom. The maximum atomic E-state index is 13.1. The molecule has 46 heavy (non-hydrogen) atoms. The molecule has 3 aromatic carbocycles. The van der Waals surface area contributed by atoms with E-state index in [1.165, 1.54) is 24.8 Å². The van der Waals surface area contributed by atoms with E-state index in [2.05, 4.69) is 72.6 Å². The lowest BCUT2D eigenvalue weighted by molar-refractivity contribution is -0.137. The predicted octanol–water partition coefficient (Wildman–Crippen LogP) is 6.77. The molecule has 1 heterocycles. The molecule has 0 spiro atoms. The summed E-state index contributed by atoms with van der Waals surface area (Å²) in [5.74, 6) is -1.25. The van der Waals surface area contributed by atoms with Crippen LogP contribution in [-0.2, 0) is 27.8 Å². The Kier molecular flexibility index (Phi) is 11.8.